The summed E-state index contributed by atoms with van der Waals surface area (Å²) in [7, 11) is 1.39. The molecule has 0 fully saturated rings. The van der Waals surface area contributed by atoms with Crippen LogP contribution in [0.1, 0.15) is 56.7 Å². The van der Waals surface area contributed by atoms with Gasteiger partial charge in [0.25, 0.3) is 5.91 Å². The Labute approximate surface area is 244 Å². The number of benzene rings is 2. The summed E-state index contributed by atoms with van der Waals surface area (Å²) in [5.41, 5.74) is -1.02. The first-order valence-electron chi connectivity index (χ1n) is 13.0. The molecule has 1 N–H and O–H groups in total. The van der Waals surface area contributed by atoms with E-state index in [1.165, 1.54) is 55.6 Å². The van der Waals surface area contributed by atoms with Gasteiger partial charge >= 0.3 is 18.4 Å². The highest BCUT2D eigenvalue weighted by molar-refractivity contribution is 6.06. The Kier molecular flexibility index (Phi) is 6.85. The van der Waals surface area contributed by atoms with Gasteiger partial charge in [0.2, 0.25) is 5.88 Å². The number of aromatic carboxylic acids is 1. The standard InChI is InChI=1S/C28H20F5N5O6/c1-37(15-8-10-19-21(13-15)44-28(32,33)43-19)25(39)14-4-2-5-16(12-14)38-23-17(24(36-38)27(29,30)31)6-3-7-20(23)42-22-11-9-18(26(40)41)34-35-22/h2,4-5,8-13,20H,3,6-7H2,1H3,(H,40,41). The summed E-state index contributed by atoms with van der Waals surface area (Å²) in [6, 6.07) is 11.9. The zero-order valence-electron chi connectivity index (χ0n) is 22.5. The van der Waals surface area contributed by atoms with Crippen LogP contribution in [0.5, 0.6) is 17.4 Å². The van der Waals surface area contributed by atoms with Gasteiger partial charge in [-0.25, -0.2) is 9.48 Å². The average molecular weight is 617 g/mol. The minimum atomic E-state index is -4.79. The van der Waals surface area contributed by atoms with Crippen LogP contribution in [0.3, 0.4) is 0 Å². The van der Waals surface area contributed by atoms with Crippen LogP contribution in [-0.2, 0) is 12.6 Å². The fourth-order valence-electron chi connectivity index (χ4n) is 5.05. The summed E-state index contributed by atoms with van der Waals surface area (Å²) < 4.78 is 85.0. The van der Waals surface area contributed by atoms with E-state index in [4.69, 9.17) is 9.84 Å². The van der Waals surface area contributed by atoms with Crippen molar-refractivity contribution in [1.82, 2.24) is 20.0 Å². The van der Waals surface area contributed by atoms with Gasteiger partial charge in [-0.1, -0.05) is 6.07 Å². The Bertz CT molecular complexity index is 1780. The molecule has 6 rings (SSSR count). The maximum Gasteiger partial charge on any atom is 0.586 e. The lowest BCUT2D eigenvalue weighted by Gasteiger charge is -2.25. The number of rotatable bonds is 6. The van der Waals surface area contributed by atoms with Gasteiger partial charge in [0.15, 0.2) is 22.9 Å². The van der Waals surface area contributed by atoms with E-state index >= 15 is 0 Å². The number of hydrogen-bond donors (Lipinski definition) is 1. The molecule has 0 radical (unpaired) electrons. The molecule has 44 heavy (non-hydrogen) atoms. The molecule has 2 aliphatic rings. The predicted octanol–water partition coefficient (Wildman–Crippen LogP) is 5.43. The first-order valence-corrected chi connectivity index (χ1v) is 13.0. The summed E-state index contributed by atoms with van der Waals surface area (Å²) in [6.45, 7) is 0. The van der Waals surface area contributed by atoms with Crippen LogP contribution in [-0.4, -0.2) is 50.3 Å². The number of nitrogens with zero attached hydrogens (tertiary/aromatic N) is 5. The number of anilines is 1. The van der Waals surface area contributed by atoms with Crippen LogP contribution in [0.25, 0.3) is 5.69 Å². The number of alkyl halides is 5. The molecule has 16 heteroatoms. The Balaban J connectivity index is 1.34. The van der Waals surface area contributed by atoms with Gasteiger partial charge in [0, 0.05) is 36.0 Å². The summed E-state index contributed by atoms with van der Waals surface area (Å²) >= 11 is 0. The third kappa shape index (κ3) is 5.33. The summed E-state index contributed by atoms with van der Waals surface area (Å²) in [4.78, 5) is 25.7. The Morgan fingerprint density at radius 2 is 1.84 bits per heavy atom. The number of ether oxygens (including phenoxy) is 3. The van der Waals surface area contributed by atoms with Crippen molar-refractivity contribution >= 4 is 17.6 Å². The topological polar surface area (TPSA) is 129 Å². The molecule has 2 aromatic heterocycles. The zero-order valence-corrected chi connectivity index (χ0v) is 22.5. The van der Waals surface area contributed by atoms with Crippen molar-refractivity contribution in [2.75, 3.05) is 11.9 Å². The molecule has 1 atom stereocenters. The highest BCUT2D eigenvalue weighted by Gasteiger charge is 2.44. The Morgan fingerprint density at radius 3 is 2.55 bits per heavy atom. The van der Waals surface area contributed by atoms with Crippen molar-refractivity contribution < 1.29 is 50.9 Å². The van der Waals surface area contributed by atoms with Gasteiger partial charge in [-0.2, -0.15) is 18.3 Å². The SMILES string of the molecule is CN(C(=O)c1cccc(-n2nc(C(F)(F)F)c3c2C(Oc2ccc(C(=O)O)nn2)CCC3)c1)c1ccc2c(c1)OC(F)(F)O2. The van der Waals surface area contributed by atoms with E-state index in [2.05, 4.69) is 24.8 Å². The highest BCUT2D eigenvalue weighted by Crippen LogP contribution is 2.44. The maximum atomic E-state index is 14.1. The molecule has 3 heterocycles. The van der Waals surface area contributed by atoms with Crippen molar-refractivity contribution in [3.8, 4) is 23.1 Å². The van der Waals surface area contributed by atoms with Gasteiger partial charge in [0.1, 0.15) is 6.10 Å². The number of carbonyl (C=O) groups excluding carboxylic acids is 1. The number of halogens is 5. The van der Waals surface area contributed by atoms with Gasteiger partial charge in [-0.05, 0) is 55.7 Å². The van der Waals surface area contributed by atoms with Gasteiger partial charge in [-0.15, -0.1) is 19.0 Å². The molecule has 1 aliphatic heterocycles. The quantitative estimate of drug-likeness (QED) is 0.282. The molecule has 0 saturated carbocycles. The van der Waals surface area contributed by atoms with Gasteiger partial charge in [-0.3, -0.25) is 4.79 Å². The minimum Gasteiger partial charge on any atom is -0.476 e. The minimum absolute atomic E-state index is 0.0641. The lowest BCUT2D eigenvalue weighted by atomic mass is 9.93. The first kappa shape index (κ1) is 28.8. The largest absolute Gasteiger partial charge is 0.586 e. The summed E-state index contributed by atoms with van der Waals surface area (Å²) in [5.74, 6) is -2.47. The van der Waals surface area contributed by atoms with Crippen LogP contribution >= 0.6 is 0 Å². The maximum absolute atomic E-state index is 14.1. The highest BCUT2D eigenvalue weighted by atomic mass is 19.4. The van der Waals surface area contributed by atoms with Crippen LogP contribution in [0, 0.1) is 0 Å². The number of amides is 1. The fourth-order valence-corrected chi connectivity index (χ4v) is 5.05. The van der Waals surface area contributed by atoms with E-state index in [-0.39, 0.29) is 57.7 Å². The third-order valence-corrected chi connectivity index (χ3v) is 7.03. The van der Waals surface area contributed by atoms with E-state index in [0.29, 0.717) is 12.8 Å². The third-order valence-electron chi connectivity index (χ3n) is 7.03. The predicted molar refractivity (Wildman–Crippen MR) is 139 cm³/mol. The molecule has 1 amide bonds. The van der Waals surface area contributed by atoms with Gasteiger partial charge in [0.05, 0.1) is 11.4 Å². The monoisotopic (exact) mass is 617 g/mol. The number of hydrogen-bond acceptors (Lipinski definition) is 8. The fraction of sp³-hybridized carbons (Fsp3) is 0.250. The molecule has 11 nitrogen and oxygen atoms in total. The van der Waals surface area contributed by atoms with E-state index in [1.54, 1.807) is 0 Å². The normalized spacial score (nSPS) is 16.7. The Hall–Kier alpha value is -5.28. The molecular formula is C28H20F5N5O6. The Morgan fingerprint density at radius 1 is 1.07 bits per heavy atom. The van der Waals surface area contributed by atoms with Crippen molar-refractivity contribution in [3.63, 3.8) is 0 Å². The molecule has 1 unspecified atom stereocenters. The molecular weight excluding hydrogens is 597 g/mol. The summed E-state index contributed by atoms with van der Waals surface area (Å²) in [6.07, 6.45) is -8.88. The number of carboxylic acid groups (broad SMARTS) is 1. The average Bonchev–Trinajstić information content (AvgIpc) is 3.53. The number of aromatic nitrogens is 4. The van der Waals surface area contributed by atoms with E-state index < -0.39 is 36.1 Å². The number of carboxylic acids is 1. The smallest absolute Gasteiger partial charge is 0.476 e. The lowest BCUT2D eigenvalue weighted by molar-refractivity contribution is -0.286. The van der Waals surface area contributed by atoms with E-state index in [9.17, 15) is 31.5 Å². The van der Waals surface area contributed by atoms with Crippen LogP contribution < -0.4 is 19.1 Å². The second-order valence-electron chi connectivity index (χ2n) is 9.90. The lowest BCUT2D eigenvalue weighted by Crippen LogP contribution is -2.26. The van der Waals surface area contributed by atoms with Crippen LogP contribution in [0.15, 0.2) is 54.6 Å². The molecule has 1 aliphatic carbocycles. The van der Waals surface area contributed by atoms with E-state index in [0.717, 1.165) is 15.6 Å². The van der Waals surface area contributed by atoms with Crippen LogP contribution in [0.4, 0.5) is 27.6 Å². The zero-order chi connectivity index (χ0) is 31.4. The molecule has 0 saturated heterocycles. The van der Waals surface area contributed by atoms with E-state index in [1.807, 2.05) is 0 Å². The van der Waals surface area contributed by atoms with Crippen LogP contribution in [0.2, 0.25) is 0 Å². The molecule has 4 aromatic rings. The summed E-state index contributed by atoms with van der Waals surface area (Å²) in [5, 5.41) is 20.2. The second-order valence-corrected chi connectivity index (χ2v) is 9.90. The van der Waals surface area contributed by atoms with Crippen molar-refractivity contribution in [3.05, 3.63) is 82.8 Å². The first-order chi connectivity index (χ1) is 20.8. The van der Waals surface area contributed by atoms with Crippen molar-refractivity contribution in [2.45, 2.75) is 37.8 Å². The van der Waals surface area contributed by atoms with Gasteiger partial charge < -0.3 is 24.2 Å². The number of carbonyl (C=O) groups is 2. The molecule has 2 aromatic carbocycles. The van der Waals surface area contributed by atoms with Crippen molar-refractivity contribution in [2.24, 2.45) is 0 Å². The van der Waals surface area contributed by atoms with Crippen molar-refractivity contribution in [1.29, 1.82) is 0 Å². The second kappa shape index (κ2) is 10.5. The number of fused-ring (bicyclic) bond motifs is 2. The molecule has 0 bridgehead atoms. The molecule has 228 valence electrons. The molecule has 0 spiro atoms.